The van der Waals surface area contributed by atoms with Crippen LogP contribution in [0.4, 0.5) is 15.8 Å². The molecule has 0 saturated carbocycles. The third-order valence-corrected chi connectivity index (χ3v) is 5.54. The van der Waals surface area contributed by atoms with Crippen LogP contribution in [-0.4, -0.2) is 18.4 Å². The maximum Gasteiger partial charge on any atom is 0.282 e. The molecule has 0 atom stereocenters. The number of hydrogen-bond acceptors (Lipinski definition) is 4. The number of carbonyl (C=O) groups excluding carboxylic acids is 2. The number of nitrogens with zero attached hydrogens (tertiary/aromatic N) is 1. The largest absolute Gasteiger partial charge is 0.491 e. The van der Waals surface area contributed by atoms with Crippen molar-refractivity contribution in [2.75, 3.05) is 16.8 Å². The summed E-state index contributed by atoms with van der Waals surface area (Å²) in [5.41, 5.74) is 3.77. The zero-order chi connectivity index (χ0) is 23.5. The summed E-state index contributed by atoms with van der Waals surface area (Å²) in [6.45, 7) is 6.37. The van der Waals surface area contributed by atoms with Crippen LogP contribution < -0.4 is 15.0 Å². The molecule has 4 rings (SSSR count). The number of nitrogens with one attached hydrogen (secondary N) is 1. The first kappa shape index (κ1) is 22.3. The molecule has 33 heavy (non-hydrogen) atoms. The first-order valence-corrected chi connectivity index (χ1v) is 10.9. The zero-order valence-electron chi connectivity index (χ0n) is 18.8. The van der Waals surface area contributed by atoms with Gasteiger partial charge in [0.15, 0.2) is 0 Å². The summed E-state index contributed by atoms with van der Waals surface area (Å²) < 4.78 is 19.6. The van der Waals surface area contributed by atoms with E-state index in [1.165, 1.54) is 12.1 Å². The molecule has 3 aromatic rings. The maximum absolute atomic E-state index is 13.8. The Bertz CT molecular complexity index is 1270. The van der Waals surface area contributed by atoms with Crippen molar-refractivity contribution in [3.05, 3.63) is 94.9 Å². The molecule has 0 spiro atoms. The Balaban J connectivity index is 1.83. The first-order chi connectivity index (χ1) is 15.9. The molecule has 0 bridgehead atoms. The number of rotatable bonds is 7. The topological polar surface area (TPSA) is 58.6 Å². The zero-order valence-corrected chi connectivity index (χ0v) is 18.8. The van der Waals surface area contributed by atoms with Gasteiger partial charge in [-0.3, -0.25) is 9.59 Å². The molecule has 0 radical (unpaired) electrons. The molecular weight excluding hydrogens is 419 g/mol. The van der Waals surface area contributed by atoms with E-state index in [1.54, 1.807) is 36.4 Å². The number of halogens is 1. The molecule has 1 N–H and O–H groups in total. The standard InChI is InChI=1S/C27H25FN2O3/c1-4-14-33-23-11-6-5-10-22(23)30-26(31)24(19-13-12-17(2)18(3)15-19)25(27(30)32)29-21-9-7-8-20(28)16-21/h5-13,15-16,29H,4,14H2,1-3H3. The minimum Gasteiger partial charge on any atom is -0.491 e. The molecule has 2 amide bonds. The van der Waals surface area contributed by atoms with Crippen molar-refractivity contribution in [2.24, 2.45) is 0 Å². The van der Waals surface area contributed by atoms with Gasteiger partial charge < -0.3 is 10.1 Å². The normalized spacial score (nSPS) is 13.6. The van der Waals surface area contributed by atoms with Gasteiger partial charge in [0.1, 0.15) is 17.3 Å². The Hall–Kier alpha value is -3.93. The number of imide groups is 1. The summed E-state index contributed by atoms with van der Waals surface area (Å²) in [5, 5.41) is 2.99. The molecule has 0 unspecified atom stereocenters. The summed E-state index contributed by atoms with van der Waals surface area (Å²) in [7, 11) is 0. The van der Waals surface area contributed by atoms with Crippen LogP contribution in [0, 0.1) is 19.7 Å². The number of para-hydroxylation sites is 2. The lowest BCUT2D eigenvalue weighted by Gasteiger charge is -2.19. The van der Waals surface area contributed by atoms with Crippen LogP contribution in [0.25, 0.3) is 5.57 Å². The highest BCUT2D eigenvalue weighted by Gasteiger charge is 2.41. The molecule has 6 heteroatoms. The van der Waals surface area contributed by atoms with Crippen LogP contribution in [0.1, 0.15) is 30.0 Å². The number of ether oxygens (including phenoxy) is 1. The fraction of sp³-hybridized carbons (Fsp3) is 0.185. The Morgan fingerprint density at radius 2 is 1.70 bits per heavy atom. The molecule has 5 nitrogen and oxygen atoms in total. The number of benzene rings is 3. The average Bonchev–Trinajstić information content (AvgIpc) is 3.04. The van der Waals surface area contributed by atoms with E-state index in [4.69, 9.17) is 4.74 Å². The molecule has 0 saturated heterocycles. The van der Waals surface area contributed by atoms with E-state index in [9.17, 15) is 14.0 Å². The second kappa shape index (κ2) is 9.28. The van der Waals surface area contributed by atoms with E-state index in [2.05, 4.69) is 5.32 Å². The lowest BCUT2D eigenvalue weighted by Crippen LogP contribution is -2.32. The van der Waals surface area contributed by atoms with Crippen LogP contribution in [0.5, 0.6) is 5.75 Å². The Morgan fingerprint density at radius 1 is 0.909 bits per heavy atom. The van der Waals surface area contributed by atoms with E-state index in [0.29, 0.717) is 29.3 Å². The predicted octanol–water partition coefficient (Wildman–Crippen LogP) is 5.63. The molecule has 0 aliphatic carbocycles. The fourth-order valence-electron chi connectivity index (χ4n) is 3.72. The summed E-state index contributed by atoms with van der Waals surface area (Å²) in [5.74, 6) is -0.979. The highest BCUT2D eigenvalue weighted by molar-refractivity contribution is 6.46. The van der Waals surface area contributed by atoms with Gasteiger partial charge in [0, 0.05) is 5.69 Å². The van der Waals surface area contributed by atoms with Gasteiger partial charge in [-0.2, -0.15) is 0 Å². The third-order valence-electron chi connectivity index (χ3n) is 5.54. The van der Waals surface area contributed by atoms with Crippen molar-refractivity contribution in [1.82, 2.24) is 0 Å². The first-order valence-electron chi connectivity index (χ1n) is 10.9. The number of hydrogen-bond donors (Lipinski definition) is 1. The maximum atomic E-state index is 13.8. The highest BCUT2D eigenvalue weighted by atomic mass is 19.1. The van der Waals surface area contributed by atoms with Crippen molar-refractivity contribution < 1.29 is 18.7 Å². The second-order valence-corrected chi connectivity index (χ2v) is 7.95. The van der Waals surface area contributed by atoms with Crippen LogP contribution >= 0.6 is 0 Å². The van der Waals surface area contributed by atoms with Gasteiger partial charge in [0.25, 0.3) is 11.8 Å². The van der Waals surface area contributed by atoms with Gasteiger partial charge in [-0.05, 0) is 67.3 Å². The molecule has 1 heterocycles. The van der Waals surface area contributed by atoms with Gasteiger partial charge >= 0.3 is 0 Å². The number of amides is 2. The Kier molecular flexibility index (Phi) is 6.27. The summed E-state index contributed by atoms with van der Waals surface area (Å²) in [6.07, 6.45) is 0.786. The quantitative estimate of drug-likeness (QED) is 0.480. The van der Waals surface area contributed by atoms with Crippen LogP contribution in [0.15, 0.2) is 72.4 Å². The van der Waals surface area contributed by atoms with Crippen molar-refractivity contribution in [3.8, 4) is 5.75 Å². The fourth-order valence-corrected chi connectivity index (χ4v) is 3.72. The van der Waals surface area contributed by atoms with Crippen LogP contribution in [0.3, 0.4) is 0 Å². The van der Waals surface area contributed by atoms with E-state index >= 15 is 0 Å². The molecule has 0 fully saturated rings. The number of aryl methyl sites for hydroxylation is 2. The number of anilines is 2. The van der Waals surface area contributed by atoms with Crippen molar-refractivity contribution in [3.63, 3.8) is 0 Å². The lowest BCUT2D eigenvalue weighted by molar-refractivity contribution is -0.120. The monoisotopic (exact) mass is 444 g/mol. The Labute approximate surface area is 192 Å². The van der Waals surface area contributed by atoms with E-state index in [0.717, 1.165) is 22.4 Å². The molecule has 168 valence electrons. The predicted molar refractivity (Wildman–Crippen MR) is 128 cm³/mol. The second-order valence-electron chi connectivity index (χ2n) is 7.95. The third kappa shape index (κ3) is 4.37. The van der Waals surface area contributed by atoms with E-state index in [-0.39, 0.29) is 11.3 Å². The molecule has 3 aromatic carbocycles. The van der Waals surface area contributed by atoms with Gasteiger partial charge in [-0.15, -0.1) is 0 Å². The summed E-state index contributed by atoms with van der Waals surface area (Å²) in [6, 6.07) is 18.4. The minimum absolute atomic E-state index is 0.0964. The van der Waals surface area contributed by atoms with Gasteiger partial charge in [0.2, 0.25) is 0 Å². The Morgan fingerprint density at radius 3 is 2.42 bits per heavy atom. The summed E-state index contributed by atoms with van der Waals surface area (Å²) in [4.78, 5) is 28.4. The molecule has 1 aliphatic heterocycles. The van der Waals surface area contributed by atoms with Crippen LogP contribution in [-0.2, 0) is 9.59 Å². The molecule has 0 aromatic heterocycles. The lowest BCUT2D eigenvalue weighted by atomic mass is 9.99. The highest BCUT2D eigenvalue weighted by Crippen LogP contribution is 2.38. The number of carbonyl (C=O) groups is 2. The van der Waals surface area contributed by atoms with Gasteiger partial charge in [0.05, 0.1) is 17.9 Å². The smallest absolute Gasteiger partial charge is 0.282 e. The van der Waals surface area contributed by atoms with Crippen molar-refractivity contribution in [1.29, 1.82) is 0 Å². The summed E-state index contributed by atoms with van der Waals surface area (Å²) >= 11 is 0. The molecule has 1 aliphatic rings. The van der Waals surface area contributed by atoms with E-state index in [1.807, 2.05) is 39.0 Å². The van der Waals surface area contributed by atoms with Crippen molar-refractivity contribution >= 4 is 28.8 Å². The minimum atomic E-state index is -0.523. The SMILES string of the molecule is CCCOc1ccccc1N1C(=O)C(Nc2cccc(F)c2)=C(c2ccc(C)c(C)c2)C1=O. The van der Waals surface area contributed by atoms with Crippen LogP contribution in [0.2, 0.25) is 0 Å². The van der Waals surface area contributed by atoms with Gasteiger partial charge in [-0.25, -0.2) is 9.29 Å². The molecular formula is C27H25FN2O3. The van der Waals surface area contributed by atoms with Gasteiger partial charge in [-0.1, -0.05) is 43.3 Å². The van der Waals surface area contributed by atoms with E-state index < -0.39 is 17.6 Å². The average molecular weight is 445 g/mol. The van der Waals surface area contributed by atoms with Crippen molar-refractivity contribution in [2.45, 2.75) is 27.2 Å².